The smallest absolute Gasteiger partial charge is 0.182 e. The summed E-state index contributed by atoms with van der Waals surface area (Å²) in [7, 11) is -2.87. The largest absolute Gasteiger partial charge is 0.360 e. The molecule has 0 aromatic carbocycles. The zero-order chi connectivity index (χ0) is 9.90. The number of sulfone groups is 1. The summed E-state index contributed by atoms with van der Waals surface area (Å²) >= 11 is 1.52. The summed E-state index contributed by atoms with van der Waals surface area (Å²) < 4.78 is 21.5. The average molecular weight is 220 g/mol. The second-order valence-electron chi connectivity index (χ2n) is 2.83. The van der Waals surface area contributed by atoms with Gasteiger partial charge in [0.15, 0.2) is 5.13 Å². The SMILES string of the molecule is Cc1cnc(NCCS(C)(=O)=O)s1. The van der Waals surface area contributed by atoms with Gasteiger partial charge in [0.2, 0.25) is 0 Å². The van der Waals surface area contributed by atoms with E-state index in [0.29, 0.717) is 6.54 Å². The molecular weight excluding hydrogens is 208 g/mol. The van der Waals surface area contributed by atoms with Crippen LogP contribution in [0.15, 0.2) is 6.20 Å². The molecule has 0 radical (unpaired) electrons. The van der Waals surface area contributed by atoms with Crippen LogP contribution in [-0.2, 0) is 9.84 Å². The Hall–Kier alpha value is -0.620. The summed E-state index contributed by atoms with van der Waals surface area (Å²) in [5.41, 5.74) is 0. The summed E-state index contributed by atoms with van der Waals surface area (Å²) in [6.45, 7) is 2.38. The molecule has 0 saturated heterocycles. The maximum Gasteiger partial charge on any atom is 0.182 e. The van der Waals surface area contributed by atoms with Crippen LogP contribution in [0.5, 0.6) is 0 Å². The molecule has 1 aromatic rings. The minimum absolute atomic E-state index is 0.144. The second-order valence-corrected chi connectivity index (χ2v) is 6.33. The lowest BCUT2D eigenvalue weighted by Crippen LogP contribution is -2.13. The third-order valence-corrected chi connectivity index (χ3v) is 3.19. The Morgan fingerprint density at radius 2 is 2.31 bits per heavy atom. The first kappa shape index (κ1) is 10.5. The van der Waals surface area contributed by atoms with Crippen molar-refractivity contribution in [1.29, 1.82) is 0 Å². The van der Waals surface area contributed by atoms with Crippen molar-refractivity contribution in [2.24, 2.45) is 0 Å². The molecule has 0 fully saturated rings. The van der Waals surface area contributed by atoms with Gasteiger partial charge in [0.25, 0.3) is 0 Å². The van der Waals surface area contributed by atoms with E-state index in [4.69, 9.17) is 0 Å². The van der Waals surface area contributed by atoms with E-state index in [1.165, 1.54) is 17.6 Å². The standard InChI is InChI=1S/C7H12N2O2S2/c1-6-5-9-7(12-6)8-3-4-13(2,10)11/h5H,3-4H2,1-2H3,(H,8,9). The highest BCUT2D eigenvalue weighted by Gasteiger charge is 2.02. The van der Waals surface area contributed by atoms with Crippen LogP contribution in [0.1, 0.15) is 4.88 Å². The first-order valence-electron chi connectivity index (χ1n) is 3.81. The summed E-state index contributed by atoms with van der Waals surface area (Å²) in [5.74, 6) is 0.144. The van der Waals surface area contributed by atoms with E-state index < -0.39 is 9.84 Å². The number of aromatic nitrogens is 1. The van der Waals surface area contributed by atoms with E-state index in [2.05, 4.69) is 10.3 Å². The van der Waals surface area contributed by atoms with Gasteiger partial charge in [-0.25, -0.2) is 13.4 Å². The number of hydrogen-bond acceptors (Lipinski definition) is 5. The summed E-state index contributed by atoms with van der Waals surface area (Å²) in [4.78, 5) is 5.16. The molecule has 1 rings (SSSR count). The number of nitrogens with zero attached hydrogens (tertiary/aromatic N) is 1. The van der Waals surface area contributed by atoms with Crippen LogP contribution in [0.4, 0.5) is 5.13 Å². The monoisotopic (exact) mass is 220 g/mol. The fourth-order valence-corrected chi connectivity index (χ4v) is 1.94. The third-order valence-electron chi connectivity index (χ3n) is 1.37. The van der Waals surface area contributed by atoms with Gasteiger partial charge in [-0.05, 0) is 6.92 Å². The molecule has 1 N–H and O–H groups in total. The van der Waals surface area contributed by atoms with Crippen LogP contribution in [0.3, 0.4) is 0 Å². The molecule has 1 heterocycles. The highest BCUT2D eigenvalue weighted by atomic mass is 32.2. The first-order chi connectivity index (χ1) is 5.97. The molecule has 13 heavy (non-hydrogen) atoms. The molecule has 0 aliphatic heterocycles. The fourth-order valence-electron chi connectivity index (χ4n) is 0.780. The van der Waals surface area contributed by atoms with E-state index in [-0.39, 0.29) is 5.75 Å². The number of aryl methyl sites for hydroxylation is 1. The molecule has 4 nitrogen and oxygen atoms in total. The predicted molar refractivity (Wildman–Crippen MR) is 55.1 cm³/mol. The number of nitrogens with one attached hydrogen (secondary N) is 1. The molecule has 0 amide bonds. The molecule has 0 spiro atoms. The van der Waals surface area contributed by atoms with E-state index in [1.807, 2.05) is 6.92 Å². The topological polar surface area (TPSA) is 59.1 Å². The second kappa shape index (κ2) is 4.06. The van der Waals surface area contributed by atoms with E-state index in [9.17, 15) is 8.42 Å². The van der Waals surface area contributed by atoms with Crippen LogP contribution < -0.4 is 5.32 Å². The van der Waals surface area contributed by atoms with Crippen molar-refractivity contribution >= 4 is 26.3 Å². The lowest BCUT2D eigenvalue weighted by atomic mass is 10.6. The van der Waals surface area contributed by atoms with Crippen LogP contribution in [-0.4, -0.2) is 32.0 Å². The minimum Gasteiger partial charge on any atom is -0.360 e. The Kier molecular flexibility index (Phi) is 3.27. The van der Waals surface area contributed by atoms with Gasteiger partial charge in [-0.1, -0.05) is 0 Å². The highest BCUT2D eigenvalue weighted by molar-refractivity contribution is 7.90. The van der Waals surface area contributed by atoms with Gasteiger partial charge in [-0.2, -0.15) is 0 Å². The lowest BCUT2D eigenvalue weighted by Gasteiger charge is -1.99. The fraction of sp³-hybridized carbons (Fsp3) is 0.571. The molecule has 0 atom stereocenters. The molecule has 1 aromatic heterocycles. The Morgan fingerprint density at radius 1 is 1.62 bits per heavy atom. The Labute approximate surface area is 81.9 Å². The van der Waals surface area contributed by atoms with Gasteiger partial charge in [0.05, 0.1) is 5.75 Å². The third kappa shape index (κ3) is 4.23. The summed E-state index contributed by atoms with van der Waals surface area (Å²) in [5, 5.41) is 3.73. The van der Waals surface area contributed by atoms with Crippen LogP contribution >= 0.6 is 11.3 Å². The van der Waals surface area contributed by atoms with Crippen molar-refractivity contribution in [3.8, 4) is 0 Å². The van der Waals surface area contributed by atoms with Crippen molar-refractivity contribution in [3.63, 3.8) is 0 Å². The minimum atomic E-state index is -2.87. The number of thiazole rings is 1. The van der Waals surface area contributed by atoms with Crippen molar-refractivity contribution in [2.45, 2.75) is 6.92 Å². The van der Waals surface area contributed by atoms with Gasteiger partial charge < -0.3 is 5.32 Å². The molecule has 0 aliphatic carbocycles. The normalized spacial score (nSPS) is 11.5. The Morgan fingerprint density at radius 3 is 2.77 bits per heavy atom. The van der Waals surface area contributed by atoms with Crippen molar-refractivity contribution in [3.05, 3.63) is 11.1 Å². The molecule has 6 heteroatoms. The van der Waals surface area contributed by atoms with E-state index in [1.54, 1.807) is 6.20 Å². The van der Waals surface area contributed by atoms with E-state index in [0.717, 1.165) is 10.0 Å². The lowest BCUT2D eigenvalue weighted by molar-refractivity contribution is 0.602. The van der Waals surface area contributed by atoms with Crippen molar-refractivity contribution < 1.29 is 8.42 Å². The van der Waals surface area contributed by atoms with Crippen molar-refractivity contribution in [1.82, 2.24) is 4.98 Å². The van der Waals surface area contributed by atoms with Gasteiger partial charge in [-0.3, -0.25) is 0 Å². The van der Waals surface area contributed by atoms with Gasteiger partial charge >= 0.3 is 0 Å². The summed E-state index contributed by atoms with van der Waals surface area (Å²) in [6.07, 6.45) is 2.98. The predicted octanol–water partition coefficient (Wildman–Crippen LogP) is 0.908. The summed E-state index contributed by atoms with van der Waals surface area (Å²) in [6, 6.07) is 0. The Bertz CT molecular complexity index is 370. The molecule has 0 saturated carbocycles. The zero-order valence-corrected chi connectivity index (χ0v) is 9.20. The average Bonchev–Trinajstić information content (AvgIpc) is 2.33. The number of anilines is 1. The Balaban J connectivity index is 2.36. The van der Waals surface area contributed by atoms with Gasteiger partial charge in [0.1, 0.15) is 9.84 Å². The van der Waals surface area contributed by atoms with Crippen LogP contribution in [0.25, 0.3) is 0 Å². The molecule has 74 valence electrons. The molecule has 0 bridgehead atoms. The number of rotatable bonds is 4. The van der Waals surface area contributed by atoms with Crippen LogP contribution in [0.2, 0.25) is 0 Å². The highest BCUT2D eigenvalue weighted by Crippen LogP contribution is 2.15. The molecule has 0 aliphatic rings. The van der Waals surface area contributed by atoms with Crippen molar-refractivity contribution in [2.75, 3.05) is 23.9 Å². The van der Waals surface area contributed by atoms with Crippen LogP contribution in [0, 0.1) is 6.92 Å². The number of hydrogen-bond donors (Lipinski definition) is 1. The van der Waals surface area contributed by atoms with Gasteiger partial charge in [-0.15, -0.1) is 11.3 Å². The maximum absolute atomic E-state index is 10.8. The molecular formula is C7H12N2O2S2. The quantitative estimate of drug-likeness (QED) is 0.819. The first-order valence-corrected chi connectivity index (χ1v) is 6.69. The molecule has 0 unspecified atom stereocenters. The zero-order valence-electron chi connectivity index (χ0n) is 7.57. The van der Waals surface area contributed by atoms with Gasteiger partial charge in [0, 0.05) is 23.9 Å². The van der Waals surface area contributed by atoms with E-state index >= 15 is 0 Å². The maximum atomic E-state index is 10.8.